The van der Waals surface area contributed by atoms with Crippen LogP contribution in [-0.4, -0.2) is 76.7 Å². The first-order valence-corrected chi connectivity index (χ1v) is 11.4. The van der Waals surface area contributed by atoms with E-state index < -0.39 is 36.6 Å². The van der Waals surface area contributed by atoms with Crippen molar-refractivity contribution in [1.29, 1.82) is 5.26 Å². The van der Waals surface area contributed by atoms with Crippen LogP contribution in [0.1, 0.15) is 24.8 Å². The highest BCUT2D eigenvalue weighted by Crippen LogP contribution is 2.26. The van der Waals surface area contributed by atoms with Gasteiger partial charge in [0.15, 0.2) is 6.29 Å². The minimum Gasteiger partial charge on any atom is -0.388 e. The molecule has 2 fully saturated rings. The Morgan fingerprint density at radius 3 is 2.47 bits per heavy atom. The molecule has 5 atom stereocenters. The molecule has 0 aromatic heterocycles. The third kappa shape index (κ3) is 5.22. The van der Waals surface area contributed by atoms with Crippen LogP contribution in [0.25, 0.3) is 16.8 Å². The molecule has 2 aliphatic heterocycles. The number of aliphatic hydroxyl groups excluding tert-OH is 4. The smallest absolute Gasteiger partial charge is 0.262 e. The van der Waals surface area contributed by atoms with E-state index in [-0.39, 0.29) is 12.1 Å². The number of amides is 1. The third-order valence-electron chi connectivity index (χ3n) is 6.40. The van der Waals surface area contributed by atoms with Gasteiger partial charge in [-0.2, -0.15) is 5.26 Å². The van der Waals surface area contributed by atoms with E-state index in [1.165, 1.54) is 31.0 Å². The number of rotatable bonds is 5. The molecule has 180 valence electrons. The van der Waals surface area contributed by atoms with Crippen molar-refractivity contribution >= 4 is 28.4 Å². The van der Waals surface area contributed by atoms with Gasteiger partial charge in [0.05, 0.1) is 0 Å². The molecule has 2 aromatic rings. The average molecular weight is 468 g/mol. The molecule has 0 saturated carbocycles. The summed E-state index contributed by atoms with van der Waals surface area (Å²) in [7, 11) is 0. The highest BCUT2D eigenvalue weighted by molar-refractivity contribution is 6.02. The lowest BCUT2D eigenvalue weighted by Gasteiger charge is -2.38. The highest BCUT2D eigenvalue weighted by Gasteiger charge is 2.42. The maximum Gasteiger partial charge on any atom is 0.262 e. The van der Waals surface area contributed by atoms with Gasteiger partial charge < -0.3 is 35.4 Å². The van der Waals surface area contributed by atoms with E-state index in [1.807, 2.05) is 30.3 Å². The predicted molar refractivity (Wildman–Crippen MR) is 126 cm³/mol. The fraction of sp³-hybridized carbons (Fsp3) is 0.440. The molecule has 9 nitrogen and oxygen atoms in total. The number of nitriles is 1. The molecule has 2 heterocycles. The van der Waals surface area contributed by atoms with Gasteiger partial charge in [0.25, 0.3) is 5.91 Å². The van der Waals surface area contributed by atoms with Crippen molar-refractivity contribution in [3.8, 4) is 6.07 Å². The van der Waals surface area contributed by atoms with E-state index in [1.54, 1.807) is 0 Å². The van der Waals surface area contributed by atoms with Crippen molar-refractivity contribution in [2.24, 2.45) is 0 Å². The van der Waals surface area contributed by atoms with Crippen LogP contribution in [0, 0.1) is 11.3 Å². The Bertz CT molecular complexity index is 1110. The summed E-state index contributed by atoms with van der Waals surface area (Å²) >= 11 is 0. The van der Waals surface area contributed by atoms with Gasteiger partial charge in [0.1, 0.15) is 36.1 Å². The number of nitrogens with one attached hydrogen (secondary N) is 1. The van der Waals surface area contributed by atoms with Gasteiger partial charge in [-0.05, 0) is 59.9 Å². The largest absolute Gasteiger partial charge is 0.388 e. The van der Waals surface area contributed by atoms with E-state index >= 15 is 0 Å². The monoisotopic (exact) mass is 467 g/mol. The fourth-order valence-electron chi connectivity index (χ4n) is 4.39. The lowest BCUT2D eigenvalue weighted by Crippen LogP contribution is -2.60. The lowest BCUT2D eigenvalue weighted by molar-refractivity contribution is -0.280. The molecule has 5 unspecified atom stereocenters. The molecule has 34 heavy (non-hydrogen) atoms. The highest BCUT2D eigenvalue weighted by atomic mass is 16.6. The molecular weight excluding hydrogens is 438 g/mol. The van der Waals surface area contributed by atoms with Gasteiger partial charge in [-0.15, -0.1) is 0 Å². The van der Waals surface area contributed by atoms with Crippen LogP contribution in [0.5, 0.6) is 0 Å². The second kappa shape index (κ2) is 10.5. The summed E-state index contributed by atoms with van der Waals surface area (Å²) in [5.74, 6) is -0.686. The molecule has 2 aromatic carbocycles. The number of anilines is 1. The molecule has 2 aliphatic rings. The fourth-order valence-corrected chi connectivity index (χ4v) is 4.39. The van der Waals surface area contributed by atoms with E-state index in [2.05, 4.69) is 22.3 Å². The molecule has 5 N–H and O–H groups in total. The van der Waals surface area contributed by atoms with Crippen LogP contribution in [0.4, 0.5) is 5.69 Å². The maximum absolute atomic E-state index is 12.5. The number of piperidine rings is 1. The molecule has 4 rings (SSSR count). The first-order chi connectivity index (χ1) is 16.4. The number of carbonyl (C=O) groups excluding carboxylic acids is 1. The quantitative estimate of drug-likeness (QED) is 0.318. The Kier molecular flexibility index (Phi) is 7.46. The van der Waals surface area contributed by atoms with Crippen LogP contribution in [-0.2, 0) is 9.53 Å². The second-order valence-corrected chi connectivity index (χ2v) is 8.76. The minimum atomic E-state index is -1.70. The summed E-state index contributed by atoms with van der Waals surface area (Å²) in [5.41, 5.74) is 1.74. The summed E-state index contributed by atoms with van der Waals surface area (Å²) in [6.45, 7) is 1.86. The Morgan fingerprint density at radius 2 is 1.74 bits per heavy atom. The lowest BCUT2D eigenvalue weighted by atomic mass is 9.99. The maximum atomic E-state index is 12.5. The first kappa shape index (κ1) is 24.1. The van der Waals surface area contributed by atoms with E-state index in [9.17, 15) is 30.5 Å². The molecule has 0 spiro atoms. The number of carbonyl (C=O) groups is 1. The van der Waals surface area contributed by atoms with Crippen LogP contribution >= 0.6 is 0 Å². The number of hydrogen-bond acceptors (Lipinski definition) is 8. The van der Waals surface area contributed by atoms with Crippen molar-refractivity contribution < 1.29 is 30.0 Å². The Balaban J connectivity index is 1.44. The topological polar surface area (TPSA) is 146 Å². The molecule has 1 amide bonds. The van der Waals surface area contributed by atoms with Crippen molar-refractivity contribution in [2.45, 2.75) is 50.0 Å². The number of aliphatic hydroxyl groups is 4. The van der Waals surface area contributed by atoms with Gasteiger partial charge in [-0.25, -0.2) is 0 Å². The summed E-state index contributed by atoms with van der Waals surface area (Å²) in [4.78, 5) is 14.9. The number of benzene rings is 2. The van der Waals surface area contributed by atoms with Gasteiger partial charge >= 0.3 is 0 Å². The van der Waals surface area contributed by atoms with Crippen LogP contribution in [0.3, 0.4) is 0 Å². The van der Waals surface area contributed by atoms with Crippen LogP contribution in [0.15, 0.2) is 42.0 Å². The average Bonchev–Trinajstić information content (AvgIpc) is 2.87. The normalized spacial score (nSPS) is 27.9. The second-order valence-electron chi connectivity index (χ2n) is 8.76. The molecule has 2 saturated heterocycles. The van der Waals surface area contributed by atoms with Crippen molar-refractivity contribution in [1.82, 2.24) is 5.32 Å². The van der Waals surface area contributed by atoms with E-state index in [0.29, 0.717) is 5.56 Å². The standard InChI is InChI=1S/C25H29N3O6/c26-13-18(24(32)27-14-20-21(29)22(30)23(31)25(33)34-20)11-15-4-5-17-12-19(7-6-16(17)10-15)28-8-2-1-3-9-28/h4-7,10-12,20-23,25,29-31,33H,1-3,8-9,14H2,(H,27,32)/b18-11-. The zero-order valence-corrected chi connectivity index (χ0v) is 18.7. The molecular formula is C25H29N3O6. The van der Waals surface area contributed by atoms with E-state index in [0.717, 1.165) is 23.9 Å². The number of ether oxygens (including phenoxy) is 1. The number of fused-ring (bicyclic) bond motifs is 1. The summed E-state index contributed by atoms with van der Waals surface area (Å²) in [6.07, 6.45) is -2.47. The van der Waals surface area contributed by atoms with Gasteiger partial charge in [-0.3, -0.25) is 4.79 Å². The zero-order valence-electron chi connectivity index (χ0n) is 18.7. The summed E-state index contributed by atoms with van der Waals surface area (Å²) in [5, 5.41) is 52.9. The van der Waals surface area contributed by atoms with Gasteiger partial charge in [0.2, 0.25) is 0 Å². The summed E-state index contributed by atoms with van der Waals surface area (Å²) in [6, 6.07) is 13.9. The molecule has 0 radical (unpaired) electrons. The Hall–Kier alpha value is -3.00. The summed E-state index contributed by atoms with van der Waals surface area (Å²) < 4.78 is 5.04. The number of nitrogens with zero attached hydrogens (tertiary/aromatic N) is 2. The van der Waals surface area contributed by atoms with Crippen molar-refractivity contribution in [3.63, 3.8) is 0 Å². The first-order valence-electron chi connectivity index (χ1n) is 11.4. The molecule has 0 aliphatic carbocycles. The van der Waals surface area contributed by atoms with Crippen LogP contribution in [0.2, 0.25) is 0 Å². The molecule has 9 heteroatoms. The SMILES string of the molecule is N#C/C(=C/c1ccc2cc(N3CCCCC3)ccc2c1)C(=O)NCC1OC(O)C(O)C(O)C1O. The zero-order chi connectivity index (χ0) is 24.2. The van der Waals surface area contributed by atoms with Gasteiger partial charge in [-0.1, -0.05) is 18.2 Å². The molecule has 0 bridgehead atoms. The van der Waals surface area contributed by atoms with Gasteiger partial charge in [0, 0.05) is 25.3 Å². The van der Waals surface area contributed by atoms with Crippen molar-refractivity contribution in [3.05, 3.63) is 47.5 Å². The van der Waals surface area contributed by atoms with E-state index in [4.69, 9.17) is 4.74 Å². The predicted octanol–water partition coefficient (Wildman–Crippen LogP) is 0.653. The Labute approximate surface area is 197 Å². The van der Waals surface area contributed by atoms with Crippen LogP contribution < -0.4 is 10.2 Å². The number of hydrogen-bond donors (Lipinski definition) is 5. The minimum absolute atomic E-state index is 0.143. The Morgan fingerprint density at radius 1 is 1.03 bits per heavy atom. The van der Waals surface area contributed by atoms with Crippen molar-refractivity contribution in [2.75, 3.05) is 24.5 Å². The third-order valence-corrected chi connectivity index (χ3v) is 6.40.